The molecule has 1 aromatic carbocycles. The Balaban J connectivity index is 2.56. The summed E-state index contributed by atoms with van der Waals surface area (Å²) in [5, 5.41) is 10.9. The quantitative estimate of drug-likeness (QED) is 0.311. The molecule has 0 aromatic heterocycles. The highest BCUT2D eigenvalue weighted by Crippen LogP contribution is 2.28. The number of nitrogens with zero attached hydrogens (tertiary/aromatic N) is 1. The minimum absolute atomic E-state index is 0.0377. The Morgan fingerprint density at radius 2 is 2.00 bits per heavy atom. The fourth-order valence-corrected chi connectivity index (χ4v) is 2.00. The topological polar surface area (TPSA) is 52.4 Å². The first-order valence-electron chi connectivity index (χ1n) is 6.06. The highest BCUT2D eigenvalue weighted by Gasteiger charge is 2.14. The zero-order chi connectivity index (χ0) is 13.4. The summed E-state index contributed by atoms with van der Waals surface area (Å²) in [6.07, 6.45) is 5.13. The van der Waals surface area contributed by atoms with Crippen molar-refractivity contribution in [1.82, 2.24) is 0 Å². The summed E-state index contributed by atoms with van der Waals surface area (Å²) in [5.41, 5.74) is 1.02. The lowest BCUT2D eigenvalue weighted by molar-refractivity contribution is -0.385. The minimum atomic E-state index is -0.407. The van der Waals surface area contributed by atoms with E-state index in [0.29, 0.717) is 11.6 Å². The maximum absolute atomic E-state index is 10.9. The highest BCUT2D eigenvalue weighted by molar-refractivity contribution is 6.17. The molecule has 0 heterocycles. The number of halogens is 1. The van der Waals surface area contributed by atoms with Gasteiger partial charge >= 0.3 is 5.69 Å². The molecule has 0 saturated heterocycles. The molecule has 0 spiro atoms. The summed E-state index contributed by atoms with van der Waals surface area (Å²) in [5.74, 6) is 1.01. The molecule has 18 heavy (non-hydrogen) atoms. The Kier molecular flexibility index (Phi) is 6.50. The normalized spacial score (nSPS) is 10.3. The maximum atomic E-state index is 10.9. The molecule has 0 aliphatic heterocycles. The third-order valence-corrected chi connectivity index (χ3v) is 3.06. The van der Waals surface area contributed by atoms with Crippen LogP contribution in [0.4, 0.5) is 5.69 Å². The fraction of sp³-hybridized carbons (Fsp3) is 0.538. The molecule has 0 fully saturated rings. The molecule has 0 radical (unpaired) electrons. The van der Waals surface area contributed by atoms with E-state index in [1.807, 2.05) is 6.07 Å². The van der Waals surface area contributed by atoms with Crippen molar-refractivity contribution in [3.05, 3.63) is 33.9 Å². The molecule has 0 aliphatic rings. The minimum Gasteiger partial charge on any atom is -0.490 e. The van der Waals surface area contributed by atoms with E-state index in [-0.39, 0.29) is 5.69 Å². The molecule has 4 nitrogen and oxygen atoms in total. The second-order valence-corrected chi connectivity index (χ2v) is 4.49. The van der Waals surface area contributed by atoms with Gasteiger partial charge in [0.15, 0.2) is 5.75 Å². The average molecular weight is 272 g/mol. The van der Waals surface area contributed by atoms with Gasteiger partial charge in [-0.15, -0.1) is 11.6 Å². The van der Waals surface area contributed by atoms with Crippen LogP contribution >= 0.6 is 11.6 Å². The maximum Gasteiger partial charge on any atom is 0.311 e. The van der Waals surface area contributed by atoms with Gasteiger partial charge in [0.2, 0.25) is 0 Å². The number of hydrogen-bond acceptors (Lipinski definition) is 3. The number of nitro groups is 1. The molecule has 0 amide bonds. The largest absolute Gasteiger partial charge is 0.490 e. The molecule has 5 heteroatoms. The van der Waals surface area contributed by atoms with Crippen molar-refractivity contribution in [3.63, 3.8) is 0 Å². The lowest BCUT2D eigenvalue weighted by atomic mass is 10.1. The lowest BCUT2D eigenvalue weighted by Gasteiger charge is -2.05. The summed E-state index contributed by atoms with van der Waals surface area (Å²) >= 11 is 5.60. The predicted octanol–water partition coefficient (Wildman–Crippen LogP) is 3.95. The van der Waals surface area contributed by atoms with E-state index in [9.17, 15) is 10.1 Å². The molecule has 100 valence electrons. The van der Waals surface area contributed by atoms with Crippen LogP contribution in [0.25, 0.3) is 0 Å². The van der Waals surface area contributed by atoms with E-state index in [4.69, 9.17) is 16.3 Å². The van der Waals surface area contributed by atoms with E-state index < -0.39 is 4.92 Å². The fourth-order valence-electron chi connectivity index (χ4n) is 1.81. The predicted molar refractivity (Wildman–Crippen MR) is 72.5 cm³/mol. The average Bonchev–Trinajstić information content (AvgIpc) is 2.38. The van der Waals surface area contributed by atoms with Crippen molar-refractivity contribution in [1.29, 1.82) is 0 Å². The van der Waals surface area contributed by atoms with Crippen molar-refractivity contribution < 1.29 is 9.66 Å². The Morgan fingerprint density at radius 1 is 1.28 bits per heavy atom. The number of ether oxygens (including phenoxy) is 1. The second-order valence-electron chi connectivity index (χ2n) is 4.12. The molecule has 0 atom stereocenters. The van der Waals surface area contributed by atoms with Crippen LogP contribution < -0.4 is 4.74 Å². The number of hydrogen-bond donors (Lipinski definition) is 0. The van der Waals surface area contributed by atoms with Crippen molar-refractivity contribution in [2.75, 3.05) is 13.0 Å². The van der Waals surface area contributed by atoms with Gasteiger partial charge in [0.1, 0.15) is 0 Å². The van der Waals surface area contributed by atoms with Gasteiger partial charge < -0.3 is 4.74 Å². The van der Waals surface area contributed by atoms with Gasteiger partial charge in [-0.3, -0.25) is 10.1 Å². The Bertz CT molecular complexity index is 396. The lowest BCUT2D eigenvalue weighted by Crippen LogP contribution is -1.95. The number of aryl methyl sites for hydroxylation is 1. The van der Waals surface area contributed by atoms with Crippen LogP contribution in [0.2, 0.25) is 0 Å². The molecule has 0 saturated carbocycles. The smallest absolute Gasteiger partial charge is 0.311 e. The highest BCUT2D eigenvalue weighted by atomic mass is 35.5. The number of nitro benzene ring substituents is 1. The van der Waals surface area contributed by atoms with Crippen molar-refractivity contribution in [2.45, 2.75) is 32.1 Å². The van der Waals surface area contributed by atoms with Gasteiger partial charge in [0.05, 0.1) is 12.0 Å². The Morgan fingerprint density at radius 3 is 2.61 bits per heavy atom. The number of rotatable bonds is 8. The first kappa shape index (κ1) is 14.8. The van der Waals surface area contributed by atoms with Crippen LogP contribution in [0, 0.1) is 10.1 Å². The van der Waals surface area contributed by atoms with Gasteiger partial charge in [-0.2, -0.15) is 0 Å². The molecule has 1 rings (SSSR count). The summed E-state index contributed by atoms with van der Waals surface area (Å²) in [6.45, 7) is 0. The van der Waals surface area contributed by atoms with Gasteiger partial charge in [0, 0.05) is 11.9 Å². The van der Waals surface area contributed by atoms with Crippen LogP contribution in [-0.4, -0.2) is 17.9 Å². The van der Waals surface area contributed by atoms with Crippen molar-refractivity contribution >= 4 is 17.3 Å². The molecule has 0 N–H and O–H groups in total. The van der Waals surface area contributed by atoms with Crippen LogP contribution in [0.3, 0.4) is 0 Å². The Labute approximate surface area is 112 Å². The molecule has 0 unspecified atom stereocenters. The standard InChI is InChI=1S/C13H18ClNO3/c1-18-13-8-7-11(10-12(13)15(16)17)6-4-2-3-5-9-14/h7-8,10H,2-6,9H2,1H3. The molecular weight excluding hydrogens is 254 g/mol. The summed E-state index contributed by atoms with van der Waals surface area (Å²) < 4.78 is 4.96. The van der Waals surface area contributed by atoms with E-state index in [1.54, 1.807) is 12.1 Å². The van der Waals surface area contributed by atoms with Crippen molar-refractivity contribution in [3.8, 4) is 5.75 Å². The van der Waals surface area contributed by atoms with Crippen LogP contribution in [0.5, 0.6) is 5.75 Å². The van der Waals surface area contributed by atoms with Crippen LogP contribution in [0.1, 0.15) is 31.2 Å². The first-order valence-corrected chi connectivity index (χ1v) is 6.59. The third kappa shape index (κ3) is 4.53. The van der Waals surface area contributed by atoms with Crippen molar-refractivity contribution in [2.24, 2.45) is 0 Å². The summed E-state index contributed by atoms with van der Waals surface area (Å²) in [6, 6.07) is 5.14. The SMILES string of the molecule is COc1ccc(CCCCCCCl)cc1[N+](=O)[O-]. The number of methoxy groups -OCH3 is 1. The van der Waals surface area contributed by atoms with E-state index in [2.05, 4.69) is 0 Å². The van der Waals surface area contributed by atoms with Crippen LogP contribution in [0.15, 0.2) is 18.2 Å². The molecular formula is C13H18ClNO3. The molecule has 1 aromatic rings. The summed E-state index contributed by atoms with van der Waals surface area (Å²) in [4.78, 5) is 10.5. The van der Waals surface area contributed by atoms with Gasteiger partial charge in [0.25, 0.3) is 0 Å². The zero-order valence-corrected chi connectivity index (χ0v) is 11.3. The molecule has 0 aliphatic carbocycles. The van der Waals surface area contributed by atoms with Gasteiger partial charge in [-0.1, -0.05) is 18.9 Å². The molecule has 0 bridgehead atoms. The van der Waals surface area contributed by atoms with Crippen LogP contribution in [-0.2, 0) is 6.42 Å². The van der Waals surface area contributed by atoms with E-state index >= 15 is 0 Å². The summed E-state index contributed by atoms with van der Waals surface area (Å²) in [7, 11) is 1.44. The zero-order valence-electron chi connectivity index (χ0n) is 10.5. The third-order valence-electron chi connectivity index (χ3n) is 2.79. The van der Waals surface area contributed by atoms with E-state index in [1.165, 1.54) is 7.11 Å². The van der Waals surface area contributed by atoms with E-state index in [0.717, 1.165) is 37.7 Å². The second kappa shape index (κ2) is 7.93. The van der Waals surface area contributed by atoms with Gasteiger partial charge in [-0.25, -0.2) is 0 Å². The monoisotopic (exact) mass is 271 g/mol. The van der Waals surface area contributed by atoms with Gasteiger partial charge in [-0.05, 0) is 30.9 Å². The Hall–Kier alpha value is -1.29. The first-order chi connectivity index (χ1) is 8.69. The number of unbranched alkanes of at least 4 members (excludes halogenated alkanes) is 3. The number of benzene rings is 1. The number of alkyl halides is 1.